The number of hydrogen-bond acceptors (Lipinski definition) is 4. The zero-order chi connectivity index (χ0) is 18.5. The number of sulfonamides is 1. The molecule has 2 aliphatic rings. The van der Waals surface area contributed by atoms with Gasteiger partial charge in [-0.1, -0.05) is 18.2 Å². The molecule has 0 N–H and O–H groups in total. The van der Waals surface area contributed by atoms with Gasteiger partial charge in [-0.25, -0.2) is 12.7 Å². The smallest absolute Gasteiger partial charge is 0.258 e. The Kier molecular flexibility index (Phi) is 3.84. The minimum absolute atomic E-state index is 0.00884. The lowest BCUT2D eigenvalue weighted by atomic mass is 10.1. The highest BCUT2D eigenvalue weighted by atomic mass is 32.2. The minimum atomic E-state index is -3.60. The van der Waals surface area contributed by atoms with Crippen molar-refractivity contribution in [3.05, 3.63) is 59.7 Å². The predicted molar refractivity (Wildman–Crippen MR) is 98.7 cm³/mol. The first-order valence-corrected chi connectivity index (χ1v) is 10.1. The van der Waals surface area contributed by atoms with E-state index in [4.69, 9.17) is 0 Å². The van der Waals surface area contributed by atoms with Crippen molar-refractivity contribution < 1.29 is 18.0 Å². The Bertz CT molecular complexity index is 998. The van der Waals surface area contributed by atoms with Crippen LogP contribution in [0.25, 0.3) is 0 Å². The zero-order valence-electron chi connectivity index (χ0n) is 14.3. The molecule has 6 nitrogen and oxygen atoms in total. The van der Waals surface area contributed by atoms with Gasteiger partial charge in [-0.05, 0) is 49.2 Å². The maximum absolute atomic E-state index is 13.0. The highest BCUT2D eigenvalue weighted by molar-refractivity contribution is 7.94. The van der Waals surface area contributed by atoms with Crippen LogP contribution in [0.2, 0.25) is 0 Å². The Hall–Kier alpha value is -2.67. The molecule has 134 valence electrons. The fourth-order valence-corrected chi connectivity index (χ4v) is 5.08. The molecule has 2 aromatic carbocycles. The third-order valence-corrected chi connectivity index (χ3v) is 6.54. The second kappa shape index (κ2) is 5.95. The van der Waals surface area contributed by atoms with Crippen molar-refractivity contribution in [1.82, 2.24) is 0 Å². The van der Waals surface area contributed by atoms with Crippen LogP contribution in [0.1, 0.15) is 29.3 Å². The van der Waals surface area contributed by atoms with E-state index in [-0.39, 0.29) is 29.8 Å². The summed E-state index contributed by atoms with van der Waals surface area (Å²) in [7, 11) is -3.60. The summed E-state index contributed by atoms with van der Waals surface area (Å²) in [6.07, 6.45) is 0.797. The largest absolute Gasteiger partial charge is 0.305 e. The van der Waals surface area contributed by atoms with Gasteiger partial charge in [0.05, 0.1) is 11.4 Å². The molecule has 4 rings (SSSR count). The molecule has 0 bridgehead atoms. The number of carbonyl (C=O) groups excluding carboxylic acids is 2. The van der Waals surface area contributed by atoms with Crippen LogP contribution in [0, 0.1) is 0 Å². The number of carbonyl (C=O) groups is 2. The first-order chi connectivity index (χ1) is 12.4. The third kappa shape index (κ3) is 2.59. The van der Waals surface area contributed by atoms with Crippen LogP contribution in [0.5, 0.6) is 0 Å². The second-order valence-electron chi connectivity index (χ2n) is 6.63. The fourth-order valence-electron chi connectivity index (χ4n) is 3.62. The molecule has 7 heteroatoms. The lowest BCUT2D eigenvalue weighted by Gasteiger charge is -2.23. The number of anilines is 2. The summed E-state index contributed by atoms with van der Waals surface area (Å²) in [4.78, 5) is 26.6. The van der Waals surface area contributed by atoms with Crippen molar-refractivity contribution in [1.29, 1.82) is 0 Å². The normalized spacial score (nSPS) is 21.1. The average Bonchev–Trinajstić information content (AvgIpc) is 3.09. The Labute approximate surface area is 152 Å². The van der Waals surface area contributed by atoms with Crippen molar-refractivity contribution in [3.63, 3.8) is 0 Å². The maximum Gasteiger partial charge on any atom is 0.258 e. The van der Waals surface area contributed by atoms with Crippen LogP contribution in [-0.4, -0.2) is 32.0 Å². The summed E-state index contributed by atoms with van der Waals surface area (Å²) in [5.74, 6) is -0.745. The average molecular weight is 370 g/mol. The van der Waals surface area contributed by atoms with Crippen molar-refractivity contribution >= 4 is 33.2 Å². The van der Waals surface area contributed by atoms with Gasteiger partial charge >= 0.3 is 0 Å². The van der Waals surface area contributed by atoms with Gasteiger partial charge in [0, 0.05) is 23.7 Å². The van der Waals surface area contributed by atoms with E-state index in [2.05, 4.69) is 0 Å². The zero-order valence-corrected chi connectivity index (χ0v) is 15.1. The van der Waals surface area contributed by atoms with Crippen LogP contribution in [0.15, 0.2) is 48.5 Å². The summed E-state index contributed by atoms with van der Waals surface area (Å²) in [6.45, 7) is 2.00. The molecule has 26 heavy (non-hydrogen) atoms. The quantitative estimate of drug-likeness (QED) is 0.813. The Morgan fingerprint density at radius 1 is 1.08 bits per heavy atom. The first-order valence-electron chi connectivity index (χ1n) is 8.46. The van der Waals surface area contributed by atoms with E-state index in [1.165, 1.54) is 12.1 Å². The molecule has 0 radical (unpaired) electrons. The molecule has 0 aromatic heterocycles. The van der Waals surface area contributed by atoms with E-state index in [9.17, 15) is 18.0 Å². The molecule has 0 aliphatic carbocycles. The monoisotopic (exact) mass is 370 g/mol. The molecule has 1 atom stereocenters. The molecule has 2 amide bonds. The Balaban J connectivity index is 1.64. The van der Waals surface area contributed by atoms with Gasteiger partial charge in [0.25, 0.3) is 5.91 Å². The van der Waals surface area contributed by atoms with Crippen LogP contribution >= 0.6 is 0 Å². The van der Waals surface area contributed by atoms with Gasteiger partial charge in [0.1, 0.15) is 0 Å². The Morgan fingerprint density at radius 3 is 2.42 bits per heavy atom. The highest BCUT2D eigenvalue weighted by Gasteiger charge is 2.36. The maximum atomic E-state index is 13.0. The van der Waals surface area contributed by atoms with Gasteiger partial charge in [-0.3, -0.25) is 9.59 Å². The number of amides is 2. The number of rotatable bonds is 2. The van der Waals surface area contributed by atoms with Gasteiger partial charge in [-0.2, -0.15) is 0 Å². The molecule has 0 spiro atoms. The molecule has 1 saturated heterocycles. The third-order valence-electron chi connectivity index (χ3n) is 4.85. The summed E-state index contributed by atoms with van der Waals surface area (Å²) < 4.78 is 24.9. The molecule has 2 heterocycles. The number of nitrogens with zero attached hydrogens (tertiary/aromatic N) is 2. The molecule has 2 aliphatic heterocycles. The molecular formula is C19H18N2O4S. The standard InChI is InChI=1S/C19H18N2O4S/c1-13-12-15-4-2-3-5-17(15)20(13)19(23)14-6-8-16(9-7-14)21-18(22)10-11-26(21,24)25/h2-9,13H,10-12H2,1H3/t13-/m0/s1. The van der Waals surface area contributed by atoms with Gasteiger partial charge < -0.3 is 4.90 Å². The van der Waals surface area contributed by atoms with Crippen molar-refractivity contribution in [3.8, 4) is 0 Å². The number of fused-ring (bicyclic) bond motifs is 1. The topological polar surface area (TPSA) is 74.8 Å². The minimum Gasteiger partial charge on any atom is -0.305 e. The number of benzene rings is 2. The van der Waals surface area contributed by atoms with Crippen molar-refractivity contribution in [2.45, 2.75) is 25.8 Å². The van der Waals surface area contributed by atoms with Gasteiger partial charge in [0.2, 0.25) is 15.9 Å². The van der Waals surface area contributed by atoms with Crippen LogP contribution in [-0.2, 0) is 21.2 Å². The van der Waals surface area contributed by atoms with Crippen molar-refractivity contribution in [2.24, 2.45) is 0 Å². The number of para-hydroxylation sites is 1. The van der Waals surface area contributed by atoms with E-state index < -0.39 is 15.9 Å². The predicted octanol–water partition coefficient (Wildman–Crippen LogP) is 2.34. The van der Waals surface area contributed by atoms with E-state index in [1.54, 1.807) is 17.0 Å². The summed E-state index contributed by atoms with van der Waals surface area (Å²) in [5, 5.41) is 0. The fraction of sp³-hybridized carbons (Fsp3) is 0.263. The lowest BCUT2D eigenvalue weighted by Crippen LogP contribution is -2.35. The van der Waals surface area contributed by atoms with E-state index in [1.807, 2.05) is 31.2 Å². The molecule has 2 aromatic rings. The molecule has 0 saturated carbocycles. The van der Waals surface area contributed by atoms with Gasteiger partial charge in [0.15, 0.2) is 0 Å². The van der Waals surface area contributed by atoms with Crippen molar-refractivity contribution in [2.75, 3.05) is 15.0 Å². The molecule has 1 fully saturated rings. The van der Waals surface area contributed by atoms with Crippen LogP contribution < -0.4 is 9.21 Å². The Morgan fingerprint density at radius 2 is 1.77 bits per heavy atom. The van der Waals surface area contributed by atoms with E-state index in [0.717, 1.165) is 22.0 Å². The second-order valence-corrected chi connectivity index (χ2v) is 8.57. The van der Waals surface area contributed by atoms with E-state index in [0.29, 0.717) is 5.56 Å². The first kappa shape index (κ1) is 16.8. The molecular weight excluding hydrogens is 352 g/mol. The summed E-state index contributed by atoms with van der Waals surface area (Å²) in [6, 6.07) is 14.1. The SMILES string of the molecule is C[C@H]1Cc2ccccc2N1C(=O)c1ccc(N2C(=O)CCS2(=O)=O)cc1. The van der Waals surface area contributed by atoms with Crippen LogP contribution in [0.4, 0.5) is 11.4 Å². The summed E-state index contributed by atoms with van der Waals surface area (Å²) >= 11 is 0. The summed E-state index contributed by atoms with van der Waals surface area (Å²) in [5.41, 5.74) is 2.78. The molecule has 0 unspecified atom stereocenters. The highest BCUT2D eigenvalue weighted by Crippen LogP contribution is 2.33. The van der Waals surface area contributed by atoms with E-state index >= 15 is 0 Å². The lowest BCUT2D eigenvalue weighted by molar-refractivity contribution is -0.116. The number of hydrogen-bond donors (Lipinski definition) is 0. The van der Waals surface area contributed by atoms with Crippen LogP contribution in [0.3, 0.4) is 0 Å². The van der Waals surface area contributed by atoms with Gasteiger partial charge in [-0.15, -0.1) is 0 Å².